The van der Waals surface area contributed by atoms with Crippen molar-refractivity contribution in [1.29, 1.82) is 0 Å². The molecule has 8 bridgehead atoms. The SMILES string of the molecule is C1CCC2=C(C1)c1[13cH]c3nc([13cH]c4[nH]c([13cH]c5[nH]c([13cH]c2n1)c1c5CCCC1)c1c4CCCC1)C1=C3CCCC1. The van der Waals surface area contributed by atoms with Gasteiger partial charge in [-0.25, -0.2) is 9.97 Å². The fraction of sp³-hybridized carbons (Fsp3) is 0.444. The van der Waals surface area contributed by atoms with Crippen molar-refractivity contribution in [1.82, 2.24) is 19.9 Å². The standard InChI is InChI=1S/C36H38N4/c1-2-10-22-21(9-1)29-17-31-23-11-3-4-12-24(23)33(38-31)19-35-27-15-7-8-16-28(27)36(40-35)20-34-26-14-6-5-13-25(26)32(39-34)18-30(22)37-29/h17-20,37-38H,1-16H2/i17+1,18+1,19+1,20+1. The van der Waals surface area contributed by atoms with E-state index in [0.29, 0.717) is 0 Å². The summed E-state index contributed by atoms with van der Waals surface area (Å²) in [7, 11) is 0. The van der Waals surface area contributed by atoms with Crippen LogP contribution in [0.15, 0.2) is 24.3 Å². The van der Waals surface area contributed by atoms with Crippen LogP contribution in [0.1, 0.15) is 122 Å². The van der Waals surface area contributed by atoms with Crippen molar-refractivity contribution >= 4 is 44.4 Å². The van der Waals surface area contributed by atoms with Crippen molar-refractivity contribution in [3.63, 3.8) is 0 Å². The Kier molecular flexibility index (Phi) is 5.28. The first-order valence-corrected chi connectivity index (χ1v) is 16.0. The number of rotatable bonds is 0. The first-order valence-electron chi connectivity index (χ1n) is 16.0. The molecule has 2 N–H and O–H groups in total. The number of nitrogens with one attached hydrogen (secondary N) is 2. The van der Waals surface area contributed by atoms with Gasteiger partial charge in [0.25, 0.3) is 0 Å². The molecule has 4 heteroatoms. The lowest BCUT2D eigenvalue weighted by Gasteiger charge is -2.15. The van der Waals surface area contributed by atoms with Gasteiger partial charge in [-0.05, 0) is 172 Å². The van der Waals surface area contributed by atoms with E-state index in [1.807, 2.05) is 0 Å². The Hall–Kier alpha value is -3.40. The molecule has 0 spiro atoms. The number of fused-ring (bicyclic) bond motifs is 18. The minimum Gasteiger partial charge on any atom is -0.355 e. The molecule has 4 aliphatic carbocycles. The van der Waals surface area contributed by atoms with Crippen molar-refractivity contribution < 1.29 is 0 Å². The van der Waals surface area contributed by atoms with E-state index in [4.69, 9.17) is 9.97 Å². The van der Waals surface area contributed by atoms with E-state index in [-0.39, 0.29) is 0 Å². The second-order valence-electron chi connectivity index (χ2n) is 12.9. The van der Waals surface area contributed by atoms with Crippen LogP contribution >= 0.6 is 0 Å². The van der Waals surface area contributed by atoms with Crippen molar-refractivity contribution in [3.05, 3.63) is 69.3 Å². The van der Waals surface area contributed by atoms with Crippen molar-refractivity contribution in [2.24, 2.45) is 0 Å². The summed E-state index contributed by atoms with van der Waals surface area (Å²) in [5.74, 6) is 0. The highest BCUT2D eigenvalue weighted by molar-refractivity contribution is 5.97. The van der Waals surface area contributed by atoms with Crippen LogP contribution in [0.5, 0.6) is 0 Å². The van der Waals surface area contributed by atoms with Gasteiger partial charge in [0.1, 0.15) is 0 Å². The average molecular weight is 531 g/mol. The minimum absolute atomic E-state index is 1.14. The predicted molar refractivity (Wildman–Crippen MR) is 165 cm³/mol. The van der Waals surface area contributed by atoms with Crippen molar-refractivity contribution in [2.75, 3.05) is 0 Å². The Morgan fingerprint density at radius 2 is 0.650 bits per heavy atom. The van der Waals surface area contributed by atoms with Crippen LogP contribution < -0.4 is 0 Å². The summed E-state index contributed by atoms with van der Waals surface area (Å²) in [5, 5.41) is 0. The first kappa shape index (κ1) is 23.3. The monoisotopic (exact) mass is 530 g/mol. The Morgan fingerprint density at radius 1 is 0.350 bits per heavy atom. The summed E-state index contributed by atoms with van der Waals surface area (Å²) in [6, 6.07) is 9.60. The summed E-state index contributed by atoms with van der Waals surface area (Å²) in [6.07, 6.45) is 19.5. The molecule has 9 rings (SSSR count). The van der Waals surface area contributed by atoms with Gasteiger partial charge in [-0.3, -0.25) is 0 Å². The Labute approximate surface area is 236 Å². The fourth-order valence-electron chi connectivity index (χ4n) is 8.58. The number of nitrogens with zero attached hydrogens (tertiary/aromatic N) is 2. The lowest BCUT2D eigenvalue weighted by molar-refractivity contribution is 0.695. The molecule has 0 atom stereocenters. The highest BCUT2D eigenvalue weighted by Gasteiger charge is 2.27. The first-order chi connectivity index (χ1) is 19.8. The smallest absolute Gasteiger partial charge is 0.0694 e. The molecule has 0 saturated heterocycles. The molecule has 0 saturated carbocycles. The molecular weight excluding hydrogens is 492 g/mol. The zero-order chi connectivity index (χ0) is 26.2. The number of aromatic amines is 2. The van der Waals surface area contributed by atoms with Gasteiger partial charge in [-0.2, -0.15) is 0 Å². The van der Waals surface area contributed by atoms with Crippen LogP contribution in [-0.4, -0.2) is 19.9 Å². The summed E-state index contributed by atoms with van der Waals surface area (Å²) in [4.78, 5) is 18.6. The zero-order valence-corrected chi connectivity index (χ0v) is 23.5. The topological polar surface area (TPSA) is 57.4 Å². The Bertz CT molecular complexity index is 1680. The van der Waals surface area contributed by atoms with E-state index in [0.717, 1.165) is 25.7 Å². The minimum atomic E-state index is 1.14. The maximum atomic E-state index is 5.36. The molecule has 0 amide bonds. The van der Waals surface area contributed by atoms with Crippen LogP contribution in [0.3, 0.4) is 0 Å². The molecule has 3 aromatic rings. The maximum Gasteiger partial charge on any atom is 0.0694 e. The van der Waals surface area contributed by atoms with Gasteiger partial charge in [0.2, 0.25) is 0 Å². The quantitative estimate of drug-likeness (QED) is 0.305. The number of hydrogen-bond donors (Lipinski definition) is 2. The summed E-state index contributed by atoms with van der Waals surface area (Å²) in [5.41, 5.74) is 22.0. The predicted octanol–water partition coefficient (Wildman–Crippen LogP) is 9.04. The third kappa shape index (κ3) is 3.57. The van der Waals surface area contributed by atoms with E-state index in [1.54, 1.807) is 0 Å². The fourth-order valence-corrected chi connectivity index (χ4v) is 8.58. The largest absolute Gasteiger partial charge is 0.355 e. The van der Waals surface area contributed by atoms with Crippen LogP contribution in [-0.2, 0) is 25.7 Å². The second kappa shape index (κ2) is 9.06. The van der Waals surface area contributed by atoms with Crippen LogP contribution in [0.4, 0.5) is 0 Å². The second-order valence-corrected chi connectivity index (χ2v) is 12.9. The summed E-state index contributed by atoms with van der Waals surface area (Å²) in [6.45, 7) is 0. The highest BCUT2D eigenvalue weighted by atomic mass is 14.9. The van der Waals surface area contributed by atoms with E-state index < -0.39 is 0 Å². The van der Waals surface area contributed by atoms with E-state index in [2.05, 4.69) is 34.2 Å². The molecule has 0 radical (unpaired) electrons. The highest BCUT2D eigenvalue weighted by Crippen LogP contribution is 2.44. The van der Waals surface area contributed by atoms with Crippen LogP contribution in [0.2, 0.25) is 0 Å². The lowest BCUT2D eigenvalue weighted by atomic mass is 9.90. The molecule has 0 unspecified atom stereocenters. The maximum absolute atomic E-state index is 5.36. The van der Waals surface area contributed by atoms with Gasteiger partial charge in [0, 0.05) is 22.1 Å². The number of H-pyrrole nitrogens is 2. The summed E-state index contributed by atoms with van der Waals surface area (Å²) >= 11 is 0. The normalized spacial score (nSPS) is 20.2. The molecule has 202 valence electrons. The molecule has 4 nitrogen and oxygen atoms in total. The Morgan fingerprint density at radius 3 is 1.02 bits per heavy atom. The van der Waals surface area contributed by atoms with Gasteiger partial charge < -0.3 is 9.97 Å². The zero-order valence-electron chi connectivity index (χ0n) is 23.5. The molecule has 0 fully saturated rings. The molecule has 3 aromatic heterocycles. The van der Waals surface area contributed by atoms with Gasteiger partial charge in [-0.15, -0.1) is 0 Å². The molecule has 5 heterocycles. The molecule has 2 aliphatic heterocycles. The average Bonchev–Trinajstić information content (AvgIpc) is 3.73. The van der Waals surface area contributed by atoms with Gasteiger partial charge in [0.15, 0.2) is 0 Å². The van der Waals surface area contributed by atoms with E-state index in [9.17, 15) is 0 Å². The summed E-state index contributed by atoms with van der Waals surface area (Å²) < 4.78 is 0. The van der Waals surface area contributed by atoms with E-state index >= 15 is 0 Å². The third-order valence-corrected chi connectivity index (χ3v) is 10.6. The number of aryl methyl sites for hydroxylation is 4. The molecule has 6 aliphatic rings. The Balaban J connectivity index is 1.42. The molecular formula is C36H38N4. The third-order valence-electron chi connectivity index (χ3n) is 10.6. The van der Waals surface area contributed by atoms with Gasteiger partial charge in [0.05, 0.1) is 22.8 Å². The lowest BCUT2D eigenvalue weighted by Crippen LogP contribution is -2.00. The molecule has 40 heavy (non-hydrogen) atoms. The number of allylic oxidation sites excluding steroid dienone is 4. The number of hydrogen-bond acceptors (Lipinski definition) is 2. The van der Waals surface area contributed by atoms with Crippen LogP contribution in [0, 0.1) is 0 Å². The van der Waals surface area contributed by atoms with Crippen molar-refractivity contribution in [3.8, 4) is 0 Å². The van der Waals surface area contributed by atoms with Crippen molar-refractivity contribution in [2.45, 2.75) is 103 Å². The van der Waals surface area contributed by atoms with Gasteiger partial charge >= 0.3 is 0 Å². The molecule has 0 aromatic carbocycles. The van der Waals surface area contributed by atoms with E-state index in [1.165, 1.54) is 166 Å². The van der Waals surface area contributed by atoms with Crippen LogP contribution in [0.25, 0.3) is 44.4 Å². The van der Waals surface area contributed by atoms with Gasteiger partial charge in [-0.1, -0.05) is 0 Å². The number of aromatic nitrogens is 4.